The summed E-state index contributed by atoms with van der Waals surface area (Å²) >= 11 is 2.04. The summed E-state index contributed by atoms with van der Waals surface area (Å²) in [6, 6.07) is 7.92. The normalized spacial score (nSPS) is 20.5. The van der Waals surface area contributed by atoms with E-state index in [-0.39, 0.29) is 35.9 Å². The lowest BCUT2D eigenvalue weighted by molar-refractivity contribution is 0.0939. The second-order valence-corrected chi connectivity index (χ2v) is 8.84. The number of halogens is 1. The second-order valence-electron chi connectivity index (χ2n) is 7.16. The zero-order valence-corrected chi connectivity index (χ0v) is 19.9. The number of nitrogens with one attached hydrogen (secondary N) is 3. The van der Waals surface area contributed by atoms with Crippen molar-refractivity contribution in [2.75, 3.05) is 19.3 Å². The summed E-state index contributed by atoms with van der Waals surface area (Å²) in [4.78, 5) is 16.4. The van der Waals surface area contributed by atoms with Gasteiger partial charge in [-0.2, -0.15) is 11.8 Å². The highest BCUT2D eigenvalue weighted by Crippen LogP contribution is 2.36. The van der Waals surface area contributed by atoms with Gasteiger partial charge in [0.05, 0.1) is 0 Å². The van der Waals surface area contributed by atoms with Crippen LogP contribution in [-0.2, 0) is 6.54 Å². The Labute approximate surface area is 185 Å². The Hall–Kier alpha value is -0.960. The van der Waals surface area contributed by atoms with Crippen LogP contribution in [0.2, 0.25) is 0 Å². The fourth-order valence-electron chi connectivity index (χ4n) is 2.84. The van der Waals surface area contributed by atoms with E-state index in [0.717, 1.165) is 24.5 Å². The molecular formula is C20H33IN4OS. The fraction of sp³-hybridized carbons (Fsp3) is 0.600. The van der Waals surface area contributed by atoms with Crippen LogP contribution in [0.15, 0.2) is 29.3 Å². The van der Waals surface area contributed by atoms with E-state index in [9.17, 15) is 4.79 Å². The maximum absolute atomic E-state index is 12.1. The van der Waals surface area contributed by atoms with Crippen molar-refractivity contribution in [2.45, 2.75) is 57.4 Å². The lowest BCUT2D eigenvalue weighted by Crippen LogP contribution is -2.43. The molecule has 1 aromatic carbocycles. The average Bonchev–Trinajstić information content (AvgIpc) is 3.09. The molecule has 1 aliphatic rings. The van der Waals surface area contributed by atoms with Crippen molar-refractivity contribution in [1.82, 2.24) is 16.0 Å². The molecule has 0 aliphatic carbocycles. The van der Waals surface area contributed by atoms with Crippen LogP contribution >= 0.6 is 35.7 Å². The van der Waals surface area contributed by atoms with Crippen LogP contribution in [0.5, 0.6) is 0 Å². The molecule has 152 valence electrons. The minimum absolute atomic E-state index is 0. The predicted octanol–water partition coefficient (Wildman–Crippen LogP) is 3.78. The van der Waals surface area contributed by atoms with Gasteiger partial charge in [-0.05, 0) is 56.6 Å². The van der Waals surface area contributed by atoms with Crippen LogP contribution in [0, 0.1) is 0 Å². The van der Waals surface area contributed by atoms with Gasteiger partial charge in [0.15, 0.2) is 5.96 Å². The fourth-order valence-corrected chi connectivity index (χ4v) is 4.08. The summed E-state index contributed by atoms with van der Waals surface area (Å²) in [5.74, 6) is 2.05. The quantitative estimate of drug-likeness (QED) is 0.301. The van der Waals surface area contributed by atoms with E-state index in [1.54, 1.807) is 7.05 Å². The zero-order chi connectivity index (χ0) is 19.0. The summed E-state index contributed by atoms with van der Waals surface area (Å²) < 4.78 is 0.308. The Bertz CT molecular complexity index is 615. The molecule has 7 heteroatoms. The number of amides is 1. The Balaban J connectivity index is 0.00000364. The highest BCUT2D eigenvalue weighted by Gasteiger charge is 2.29. The second kappa shape index (κ2) is 11.8. The first-order valence-corrected chi connectivity index (χ1v) is 10.4. The molecule has 0 aromatic heterocycles. The maximum atomic E-state index is 12.1. The van der Waals surface area contributed by atoms with Gasteiger partial charge in [0, 0.05) is 36.5 Å². The number of rotatable bonds is 7. The standard InChI is InChI=1S/C20H32N4OS.HI/c1-5-15(2)24-18(25)17-9-7-16(8-10-17)13-22-19(21-4)23-14-20(3)11-6-12-26-20;/h7-10,15H,5-6,11-14H2,1-4H3,(H,24,25)(H2,21,22,23);1H. The minimum atomic E-state index is -0.0151. The van der Waals surface area contributed by atoms with E-state index in [1.165, 1.54) is 18.6 Å². The van der Waals surface area contributed by atoms with Crippen molar-refractivity contribution < 1.29 is 4.79 Å². The topological polar surface area (TPSA) is 65.5 Å². The smallest absolute Gasteiger partial charge is 0.251 e. The molecule has 0 bridgehead atoms. The Morgan fingerprint density at radius 3 is 2.56 bits per heavy atom. The molecule has 1 fully saturated rings. The van der Waals surface area contributed by atoms with Gasteiger partial charge in [-0.1, -0.05) is 19.1 Å². The van der Waals surface area contributed by atoms with Crippen LogP contribution in [-0.4, -0.2) is 42.0 Å². The van der Waals surface area contributed by atoms with Gasteiger partial charge in [0.2, 0.25) is 0 Å². The number of aliphatic imine (C=N–C) groups is 1. The number of guanidine groups is 1. The number of benzene rings is 1. The molecule has 1 saturated heterocycles. The Morgan fingerprint density at radius 2 is 2.00 bits per heavy atom. The third kappa shape index (κ3) is 7.89. The van der Waals surface area contributed by atoms with Crippen LogP contribution in [0.25, 0.3) is 0 Å². The third-order valence-corrected chi connectivity index (χ3v) is 6.36. The molecule has 5 nitrogen and oxygen atoms in total. The van der Waals surface area contributed by atoms with Gasteiger partial charge < -0.3 is 16.0 Å². The van der Waals surface area contributed by atoms with E-state index < -0.39 is 0 Å². The maximum Gasteiger partial charge on any atom is 0.251 e. The van der Waals surface area contributed by atoms with Gasteiger partial charge in [-0.15, -0.1) is 24.0 Å². The Kier molecular flexibility index (Phi) is 10.5. The lowest BCUT2D eigenvalue weighted by Gasteiger charge is -2.24. The molecule has 1 aliphatic heterocycles. The first-order chi connectivity index (χ1) is 12.5. The molecule has 1 aromatic rings. The van der Waals surface area contributed by atoms with Crippen LogP contribution < -0.4 is 16.0 Å². The molecule has 0 saturated carbocycles. The van der Waals surface area contributed by atoms with Crippen molar-refractivity contribution in [2.24, 2.45) is 4.99 Å². The molecule has 27 heavy (non-hydrogen) atoms. The largest absolute Gasteiger partial charge is 0.355 e. The first kappa shape index (κ1) is 24.1. The van der Waals surface area contributed by atoms with Crippen LogP contribution in [0.1, 0.15) is 56.0 Å². The molecule has 2 unspecified atom stereocenters. The number of hydrogen-bond donors (Lipinski definition) is 3. The lowest BCUT2D eigenvalue weighted by atomic mass is 10.1. The minimum Gasteiger partial charge on any atom is -0.355 e. The summed E-state index contributed by atoms with van der Waals surface area (Å²) in [7, 11) is 1.79. The van der Waals surface area contributed by atoms with Gasteiger partial charge in [0.1, 0.15) is 0 Å². The molecule has 0 spiro atoms. The first-order valence-electron chi connectivity index (χ1n) is 9.44. The van der Waals surface area contributed by atoms with Gasteiger partial charge in [-0.25, -0.2) is 0 Å². The highest BCUT2D eigenvalue weighted by atomic mass is 127. The molecule has 1 amide bonds. The molecule has 3 N–H and O–H groups in total. The highest BCUT2D eigenvalue weighted by molar-refractivity contribution is 14.0. The van der Waals surface area contributed by atoms with Crippen molar-refractivity contribution in [3.05, 3.63) is 35.4 Å². The molecule has 2 atom stereocenters. The third-order valence-electron chi connectivity index (χ3n) is 4.82. The molecule has 1 heterocycles. The molecule has 0 radical (unpaired) electrons. The van der Waals surface area contributed by atoms with Crippen molar-refractivity contribution >= 4 is 47.6 Å². The van der Waals surface area contributed by atoms with Crippen LogP contribution in [0.3, 0.4) is 0 Å². The van der Waals surface area contributed by atoms with Gasteiger partial charge in [-0.3, -0.25) is 9.79 Å². The summed E-state index contributed by atoms with van der Waals surface area (Å²) in [6.45, 7) is 7.99. The summed E-state index contributed by atoms with van der Waals surface area (Å²) in [5.41, 5.74) is 1.82. The summed E-state index contributed by atoms with van der Waals surface area (Å²) in [6.07, 6.45) is 3.48. The molecular weight excluding hydrogens is 471 g/mol. The van der Waals surface area contributed by atoms with E-state index in [1.807, 2.05) is 43.0 Å². The van der Waals surface area contributed by atoms with E-state index in [4.69, 9.17) is 0 Å². The number of carbonyl (C=O) groups is 1. The van der Waals surface area contributed by atoms with Crippen molar-refractivity contribution in [1.29, 1.82) is 0 Å². The predicted molar refractivity (Wildman–Crippen MR) is 127 cm³/mol. The van der Waals surface area contributed by atoms with E-state index in [2.05, 4.69) is 34.8 Å². The van der Waals surface area contributed by atoms with E-state index in [0.29, 0.717) is 16.9 Å². The van der Waals surface area contributed by atoms with Gasteiger partial charge in [0.25, 0.3) is 5.91 Å². The monoisotopic (exact) mass is 504 g/mol. The van der Waals surface area contributed by atoms with Crippen molar-refractivity contribution in [3.63, 3.8) is 0 Å². The van der Waals surface area contributed by atoms with Crippen LogP contribution in [0.4, 0.5) is 0 Å². The van der Waals surface area contributed by atoms with E-state index >= 15 is 0 Å². The number of hydrogen-bond acceptors (Lipinski definition) is 3. The SMILES string of the molecule is CCC(C)NC(=O)c1ccc(CNC(=NC)NCC2(C)CCCS2)cc1.I. The zero-order valence-electron chi connectivity index (χ0n) is 16.8. The Morgan fingerprint density at radius 1 is 1.30 bits per heavy atom. The number of nitrogens with zero attached hydrogens (tertiary/aromatic N) is 1. The molecule has 2 rings (SSSR count). The van der Waals surface area contributed by atoms with Crippen molar-refractivity contribution in [3.8, 4) is 0 Å². The number of thioether (sulfide) groups is 1. The number of carbonyl (C=O) groups excluding carboxylic acids is 1. The van der Waals surface area contributed by atoms with Gasteiger partial charge >= 0.3 is 0 Å². The summed E-state index contributed by atoms with van der Waals surface area (Å²) in [5, 5.41) is 9.77. The average molecular weight is 504 g/mol.